The van der Waals surface area contributed by atoms with E-state index in [9.17, 15) is 4.79 Å². The van der Waals surface area contributed by atoms with E-state index >= 15 is 0 Å². The molecule has 16 heavy (non-hydrogen) atoms. The molecule has 0 saturated carbocycles. The van der Waals surface area contributed by atoms with Crippen LogP contribution in [0.25, 0.3) is 11.0 Å². The molecule has 2 aromatic heterocycles. The number of hydrogen-bond donors (Lipinski definition) is 2. The molecule has 6 nitrogen and oxygen atoms in total. The lowest BCUT2D eigenvalue weighted by molar-refractivity contribution is -0.139. The largest absolute Gasteiger partial charge is 0.480 e. The number of hydrogen-bond acceptors (Lipinski definition) is 5. The number of fused-ring (bicyclic) bond motifs is 1. The fraction of sp³-hybridized carbons (Fsp3) is 0.200. The summed E-state index contributed by atoms with van der Waals surface area (Å²) in [6, 6.07) is 2.33. The van der Waals surface area contributed by atoms with Crippen molar-refractivity contribution in [3.8, 4) is 5.88 Å². The number of carboxylic acid groups (broad SMARTS) is 1. The Morgan fingerprint density at radius 2 is 2.44 bits per heavy atom. The van der Waals surface area contributed by atoms with Crippen LogP contribution in [0.1, 0.15) is 0 Å². The van der Waals surface area contributed by atoms with Crippen molar-refractivity contribution in [3.05, 3.63) is 24.6 Å². The van der Waals surface area contributed by atoms with Gasteiger partial charge in [0.1, 0.15) is 18.2 Å². The van der Waals surface area contributed by atoms with Crippen LogP contribution in [0.15, 0.2) is 29.0 Å². The monoisotopic (exact) mass is 222 g/mol. The molecule has 0 aliphatic rings. The van der Waals surface area contributed by atoms with Gasteiger partial charge in [-0.2, -0.15) is 0 Å². The molecular weight excluding hydrogens is 212 g/mol. The van der Waals surface area contributed by atoms with Crippen LogP contribution in [0.4, 0.5) is 0 Å². The van der Waals surface area contributed by atoms with Crippen LogP contribution in [0.5, 0.6) is 5.88 Å². The molecule has 6 heteroatoms. The summed E-state index contributed by atoms with van der Waals surface area (Å²) in [5.41, 5.74) is 5.94. The summed E-state index contributed by atoms with van der Waals surface area (Å²) in [6.45, 7) is -0.132. The van der Waals surface area contributed by atoms with Crippen LogP contribution in [0.3, 0.4) is 0 Å². The van der Waals surface area contributed by atoms with Crippen LogP contribution in [0.2, 0.25) is 0 Å². The lowest BCUT2D eigenvalue weighted by atomic mass is 10.3. The van der Waals surface area contributed by atoms with Crippen molar-refractivity contribution < 1.29 is 19.1 Å². The molecule has 0 saturated heterocycles. The third-order valence-corrected chi connectivity index (χ3v) is 2.06. The van der Waals surface area contributed by atoms with Crippen molar-refractivity contribution in [2.75, 3.05) is 6.61 Å². The third kappa shape index (κ3) is 1.96. The molecule has 0 aliphatic carbocycles. The van der Waals surface area contributed by atoms with E-state index in [1.807, 2.05) is 0 Å². The molecule has 0 radical (unpaired) electrons. The predicted octanol–water partition coefficient (Wildman–Crippen LogP) is 0.619. The van der Waals surface area contributed by atoms with Gasteiger partial charge in [-0.1, -0.05) is 0 Å². The van der Waals surface area contributed by atoms with Crippen molar-refractivity contribution in [1.29, 1.82) is 0 Å². The second-order valence-corrected chi connectivity index (χ2v) is 3.20. The van der Waals surface area contributed by atoms with Gasteiger partial charge in [0.2, 0.25) is 5.88 Å². The average molecular weight is 222 g/mol. The second kappa shape index (κ2) is 4.19. The minimum atomic E-state index is -1.11. The molecule has 2 heterocycles. The van der Waals surface area contributed by atoms with E-state index in [1.165, 1.54) is 12.5 Å². The van der Waals surface area contributed by atoms with Crippen LogP contribution in [0, 0.1) is 0 Å². The normalized spacial score (nSPS) is 12.6. The number of carbonyl (C=O) groups is 1. The van der Waals surface area contributed by atoms with Crippen molar-refractivity contribution in [2.24, 2.45) is 5.73 Å². The van der Waals surface area contributed by atoms with Gasteiger partial charge in [0, 0.05) is 6.20 Å². The molecule has 0 aromatic carbocycles. The zero-order chi connectivity index (χ0) is 11.5. The number of aliphatic carboxylic acids is 1. The molecule has 0 spiro atoms. The zero-order valence-electron chi connectivity index (χ0n) is 8.29. The highest BCUT2D eigenvalue weighted by Crippen LogP contribution is 2.23. The van der Waals surface area contributed by atoms with E-state index in [-0.39, 0.29) is 6.61 Å². The molecule has 0 bridgehead atoms. The molecule has 0 aliphatic heterocycles. The Morgan fingerprint density at radius 3 is 3.19 bits per heavy atom. The quantitative estimate of drug-likeness (QED) is 0.786. The minimum absolute atomic E-state index is 0.132. The average Bonchev–Trinajstić information content (AvgIpc) is 2.73. The number of ether oxygens (including phenoxy) is 1. The predicted molar refractivity (Wildman–Crippen MR) is 55.1 cm³/mol. The number of nitrogens with zero attached hydrogens (tertiary/aromatic N) is 1. The van der Waals surface area contributed by atoms with E-state index < -0.39 is 12.0 Å². The lowest BCUT2D eigenvalue weighted by Gasteiger charge is -2.08. The number of nitrogens with two attached hydrogens (primary N) is 1. The molecule has 1 atom stereocenters. The first-order chi connectivity index (χ1) is 7.68. The molecule has 1 unspecified atom stereocenters. The highest BCUT2D eigenvalue weighted by Gasteiger charge is 2.13. The maximum atomic E-state index is 10.5. The summed E-state index contributed by atoms with van der Waals surface area (Å²) in [6.07, 6.45) is 3.03. The topological polar surface area (TPSA) is 98.6 Å². The van der Waals surface area contributed by atoms with Crippen molar-refractivity contribution in [1.82, 2.24) is 4.98 Å². The minimum Gasteiger partial charge on any atom is -0.480 e. The first kappa shape index (κ1) is 10.4. The number of rotatable bonds is 4. The fourth-order valence-electron chi connectivity index (χ4n) is 1.22. The number of aromatic nitrogens is 1. The van der Waals surface area contributed by atoms with Crippen LogP contribution >= 0.6 is 0 Å². The number of furan rings is 1. The van der Waals surface area contributed by atoms with Crippen LogP contribution < -0.4 is 10.5 Å². The van der Waals surface area contributed by atoms with Gasteiger partial charge >= 0.3 is 5.97 Å². The van der Waals surface area contributed by atoms with Crippen LogP contribution in [-0.4, -0.2) is 28.7 Å². The Kier molecular flexibility index (Phi) is 2.74. The number of carboxylic acids is 1. The molecule has 84 valence electrons. The molecule has 0 amide bonds. The smallest absolute Gasteiger partial charge is 0.324 e. The molecule has 2 rings (SSSR count). The maximum absolute atomic E-state index is 10.5. The van der Waals surface area contributed by atoms with Crippen LogP contribution in [-0.2, 0) is 4.79 Å². The van der Waals surface area contributed by atoms with Gasteiger partial charge in [-0.05, 0) is 12.1 Å². The Morgan fingerprint density at radius 1 is 1.62 bits per heavy atom. The molecule has 2 aromatic rings. The third-order valence-electron chi connectivity index (χ3n) is 2.06. The van der Waals surface area contributed by atoms with Gasteiger partial charge < -0.3 is 20.0 Å². The first-order valence-corrected chi connectivity index (χ1v) is 4.62. The molecule has 3 N–H and O–H groups in total. The summed E-state index contributed by atoms with van der Waals surface area (Å²) in [5, 5.41) is 9.28. The van der Waals surface area contributed by atoms with Gasteiger partial charge in [-0.15, -0.1) is 0 Å². The number of pyridine rings is 1. The SMILES string of the molecule is NC(COc1nccc2occc12)C(=O)O. The van der Waals surface area contributed by atoms with Gasteiger partial charge in [0.15, 0.2) is 0 Å². The van der Waals surface area contributed by atoms with Gasteiger partial charge in [0.05, 0.1) is 11.6 Å². The van der Waals surface area contributed by atoms with Crippen molar-refractivity contribution in [3.63, 3.8) is 0 Å². The summed E-state index contributed by atoms with van der Waals surface area (Å²) in [7, 11) is 0. The van der Waals surface area contributed by atoms with E-state index in [4.69, 9.17) is 20.0 Å². The summed E-state index contributed by atoms with van der Waals surface area (Å²) in [4.78, 5) is 14.5. The second-order valence-electron chi connectivity index (χ2n) is 3.20. The Balaban J connectivity index is 2.15. The summed E-state index contributed by atoms with van der Waals surface area (Å²) in [5.74, 6) is -0.790. The van der Waals surface area contributed by atoms with E-state index in [2.05, 4.69) is 4.98 Å². The van der Waals surface area contributed by atoms with Crippen molar-refractivity contribution in [2.45, 2.75) is 6.04 Å². The van der Waals surface area contributed by atoms with E-state index in [1.54, 1.807) is 12.1 Å². The van der Waals surface area contributed by atoms with Gasteiger partial charge in [0.25, 0.3) is 0 Å². The van der Waals surface area contributed by atoms with Gasteiger partial charge in [-0.25, -0.2) is 4.98 Å². The Bertz CT molecular complexity index is 508. The fourth-order valence-corrected chi connectivity index (χ4v) is 1.22. The Hall–Kier alpha value is -2.08. The van der Waals surface area contributed by atoms with E-state index in [0.717, 1.165) is 0 Å². The highest BCUT2D eigenvalue weighted by atomic mass is 16.5. The zero-order valence-corrected chi connectivity index (χ0v) is 8.29. The summed E-state index contributed by atoms with van der Waals surface area (Å²) >= 11 is 0. The Labute approximate surface area is 90.6 Å². The van der Waals surface area contributed by atoms with Gasteiger partial charge in [-0.3, -0.25) is 4.79 Å². The lowest BCUT2D eigenvalue weighted by Crippen LogP contribution is -2.36. The molecular formula is C10H10N2O4. The van der Waals surface area contributed by atoms with Crippen molar-refractivity contribution >= 4 is 16.9 Å². The van der Waals surface area contributed by atoms with E-state index in [0.29, 0.717) is 16.8 Å². The first-order valence-electron chi connectivity index (χ1n) is 4.62. The highest BCUT2D eigenvalue weighted by molar-refractivity contribution is 5.81. The molecule has 0 fully saturated rings. The summed E-state index contributed by atoms with van der Waals surface area (Å²) < 4.78 is 10.4. The standard InChI is InChI=1S/C10H10N2O4/c11-7(10(13)14)5-16-9-6-2-4-15-8(6)1-3-12-9/h1-4,7H,5,11H2,(H,13,14). The maximum Gasteiger partial charge on any atom is 0.324 e.